The fourth-order valence-electron chi connectivity index (χ4n) is 0.293. The highest BCUT2D eigenvalue weighted by molar-refractivity contribution is 7.80. The third-order valence-corrected chi connectivity index (χ3v) is 1.13. The summed E-state index contributed by atoms with van der Waals surface area (Å²) in [5.41, 5.74) is 0. The van der Waals surface area contributed by atoms with E-state index in [1.807, 2.05) is 0 Å². The molecule has 0 aromatic rings. The normalized spacial score (nSPS) is 8.22. The van der Waals surface area contributed by atoms with Crippen LogP contribution in [0.5, 0.6) is 0 Å². The van der Waals surface area contributed by atoms with Crippen LogP contribution >= 0.6 is 12.2 Å². The van der Waals surface area contributed by atoms with Gasteiger partial charge in [-0.15, -0.1) is 0 Å². The first-order valence-corrected chi connectivity index (χ1v) is 3.02. The van der Waals surface area contributed by atoms with Gasteiger partial charge in [-0.3, -0.25) is 4.79 Å². The largest absolute Gasteiger partial charge is 0.381 e. The minimum absolute atomic E-state index is 0.0624. The highest BCUT2D eigenvalue weighted by Gasteiger charge is 1.91. The van der Waals surface area contributed by atoms with Crippen LogP contribution in [0.25, 0.3) is 0 Å². The molecule has 0 aliphatic heterocycles. The lowest BCUT2D eigenvalue weighted by atomic mass is 10.6. The number of carbonyl (C=O) groups is 1. The summed E-state index contributed by atoms with van der Waals surface area (Å²) in [4.78, 5) is 10.9. The summed E-state index contributed by atoms with van der Waals surface area (Å²) in [5.74, 6) is -0.0624. The SMILES string of the molecule is CNC(=S)CNC(C)=O. The Kier molecular flexibility index (Phi) is 3.96. The summed E-state index contributed by atoms with van der Waals surface area (Å²) >= 11 is 4.75. The van der Waals surface area contributed by atoms with Gasteiger partial charge in [0.1, 0.15) is 0 Å². The molecular formula is C5H10N2OS. The first kappa shape index (κ1) is 8.36. The second-order valence-corrected chi connectivity index (χ2v) is 2.08. The summed E-state index contributed by atoms with van der Waals surface area (Å²) in [6.45, 7) is 1.89. The smallest absolute Gasteiger partial charge is 0.217 e. The number of hydrogen-bond donors (Lipinski definition) is 2. The van der Waals surface area contributed by atoms with Gasteiger partial charge in [0.25, 0.3) is 0 Å². The Morgan fingerprint density at radius 3 is 2.56 bits per heavy atom. The third kappa shape index (κ3) is 5.23. The van der Waals surface area contributed by atoms with E-state index in [2.05, 4.69) is 10.6 Å². The maximum absolute atomic E-state index is 10.3. The lowest BCUT2D eigenvalue weighted by Crippen LogP contribution is -2.32. The summed E-state index contributed by atoms with van der Waals surface area (Å²) in [5, 5.41) is 5.29. The van der Waals surface area contributed by atoms with E-state index in [-0.39, 0.29) is 5.91 Å². The van der Waals surface area contributed by atoms with E-state index in [0.717, 1.165) is 0 Å². The minimum atomic E-state index is -0.0624. The molecule has 9 heavy (non-hydrogen) atoms. The Hall–Kier alpha value is -0.640. The molecule has 4 heteroatoms. The Labute approximate surface area is 59.8 Å². The number of carbonyl (C=O) groups excluding carboxylic acids is 1. The minimum Gasteiger partial charge on any atom is -0.381 e. The number of likely N-dealkylation sites (N-methyl/N-ethyl adjacent to an activating group) is 1. The predicted molar refractivity (Wildman–Crippen MR) is 40.3 cm³/mol. The van der Waals surface area contributed by atoms with Crippen LogP contribution < -0.4 is 10.6 Å². The predicted octanol–water partition coefficient (Wildman–Crippen LogP) is -0.331. The van der Waals surface area contributed by atoms with Crippen LogP contribution in [0.3, 0.4) is 0 Å². The first-order valence-electron chi connectivity index (χ1n) is 2.62. The molecule has 0 atom stereocenters. The van der Waals surface area contributed by atoms with Crippen molar-refractivity contribution in [2.24, 2.45) is 0 Å². The van der Waals surface area contributed by atoms with E-state index in [1.54, 1.807) is 7.05 Å². The van der Waals surface area contributed by atoms with Crippen LogP contribution in [0.1, 0.15) is 6.92 Å². The van der Waals surface area contributed by atoms with Gasteiger partial charge in [0, 0.05) is 14.0 Å². The first-order chi connectivity index (χ1) is 4.16. The van der Waals surface area contributed by atoms with Crippen molar-refractivity contribution in [2.75, 3.05) is 13.6 Å². The van der Waals surface area contributed by atoms with Crippen LogP contribution in [0, 0.1) is 0 Å². The molecule has 0 aromatic carbocycles. The molecule has 0 bridgehead atoms. The summed E-state index contributed by atoms with van der Waals surface area (Å²) in [7, 11) is 1.73. The Bertz CT molecular complexity index is 124. The van der Waals surface area contributed by atoms with Crippen LogP contribution in [0.4, 0.5) is 0 Å². The Morgan fingerprint density at radius 2 is 2.22 bits per heavy atom. The van der Waals surface area contributed by atoms with Crippen molar-refractivity contribution in [1.82, 2.24) is 10.6 Å². The second-order valence-electron chi connectivity index (χ2n) is 1.58. The highest BCUT2D eigenvalue weighted by Crippen LogP contribution is 1.66. The molecular weight excluding hydrogens is 136 g/mol. The molecule has 52 valence electrons. The van der Waals surface area contributed by atoms with Gasteiger partial charge in [-0.1, -0.05) is 12.2 Å². The van der Waals surface area contributed by atoms with Crippen molar-refractivity contribution in [3.8, 4) is 0 Å². The second kappa shape index (κ2) is 4.26. The van der Waals surface area contributed by atoms with Gasteiger partial charge < -0.3 is 10.6 Å². The summed E-state index contributed by atoms with van der Waals surface area (Å²) < 4.78 is 0. The van der Waals surface area contributed by atoms with Gasteiger partial charge in [-0.05, 0) is 0 Å². The molecule has 0 heterocycles. The van der Waals surface area contributed by atoms with E-state index in [0.29, 0.717) is 11.5 Å². The number of hydrogen-bond acceptors (Lipinski definition) is 2. The van der Waals surface area contributed by atoms with E-state index in [9.17, 15) is 4.79 Å². The summed E-state index contributed by atoms with van der Waals surface area (Å²) in [6.07, 6.45) is 0. The third-order valence-electron chi connectivity index (χ3n) is 0.777. The highest BCUT2D eigenvalue weighted by atomic mass is 32.1. The van der Waals surface area contributed by atoms with E-state index in [1.165, 1.54) is 6.92 Å². The standard InChI is InChI=1S/C5H10N2OS/c1-4(8)7-3-5(9)6-2/h3H2,1-2H3,(H,6,9)(H,7,8). The number of thiocarbonyl (C=S) groups is 1. The zero-order valence-corrected chi connectivity index (χ0v) is 6.34. The maximum atomic E-state index is 10.3. The molecule has 0 saturated heterocycles. The van der Waals surface area contributed by atoms with E-state index < -0.39 is 0 Å². The monoisotopic (exact) mass is 146 g/mol. The lowest BCUT2D eigenvalue weighted by molar-refractivity contribution is -0.118. The zero-order valence-electron chi connectivity index (χ0n) is 5.52. The molecule has 0 spiro atoms. The molecule has 2 N–H and O–H groups in total. The van der Waals surface area contributed by atoms with Crippen molar-refractivity contribution < 1.29 is 4.79 Å². The average Bonchev–Trinajstić information content (AvgIpc) is 1.83. The van der Waals surface area contributed by atoms with Crippen molar-refractivity contribution in [3.63, 3.8) is 0 Å². The Balaban J connectivity index is 3.28. The van der Waals surface area contributed by atoms with E-state index in [4.69, 9.17) is 12.2 Å². The molecule has 0 rings (SSSR count). The topological polar surface area (TPSA) is 41.1 Å². The molecule has 0 unspecified atom stereocenters. The van der Waals surface area contributed by atoms with Crippen LogP contribution in [0.2, 0.25) is 0 Å². The fourth-order valence-corrected chi connectivity index (χ4v) is 0.365. The number of rotatable bonds is 2. The molecule has 0 saturated carbocycles. The maximum Gasteiger partial charge on any atom is 0.217 e. The van der Waals surface area contributed by atoms with Gasteiger partial charge in [0.2, 0.25) is 5.91 Å². The molecule has 1 amide bonds. The molecule has 0 fully saturated rings. The number of nitrogens with one attached hydrogen (secondary N) is 2. The van der Waals surface area contributed by atoms with Crippen LogP contribution in [0.15, 0.2) is 0 Å². The zero-order chi connectivity index (χ0) is 7.28. The van der Waals surface area contributed by atoms with Gasteiger partial charge >= 0.3 is 0 Å². The van der Waals surface area contributed by atoms with Crippen molar-refractivity contribution in [1.29, 1.82) is 0 Å². The summed E-state index contributed by atoms with van der Waals surface area (Å²) in [6, 6.07) is 0. The van der Waals surface area contributed by atoms with Gasteiger partial charge in [-0.25, -0.2) is 0 Å². The van der Waals surface area contributed by atoms with Crippen LogP contribution in [-0.2, 0) is 4.79 Å². The van der Waals surface area contributed by atoms with Crippen molar-refractivity contribution in [2.45, 2.75) is 6.92 Å². The Morgan fingerprint density at radius 1 is 1.67 bits per heavy atom. The van der Waals surface area contributed by atoms with Gasteiger partial charge in [-0.2, -0.15) is 0 Å². The quantitative estimate of drug-likeness (QED) is 0.524. The van der Waals surface area contributed by atoms with Gasteiger partial charge in [0.15, 0.2) is 0 Å². The fraction of sp³-hybridized carbons (Fsp3) is 0.600. The molecule has 0 radical (unpaired) electrons. The molecule has 0 aliphatic rings. The van der Waals surface area contributed by atoms with Gasteiger partial charge in [0.05, 0.1) is 11.5 Å². The van der Waals surface area contributed by atoms with Crippen LogP contribution in [-0.4, -0.2) is 24.5 Å². The number of amides is 1. The van der Waals surface area contributed by atoms with E-state index >= 15 is 0 Å². The molecule has 0 aromatic heterocycles. The van der Waals surface area contributed by atoms with Crippen molar-refractivity contribution >= 4 is 23.1 Å². The van der Waals surface area contributed by atoms with Crippen molar-refractivity contribution in [3.05, 3.63) is 0 Å². The molecule has 0 aliphatic carbocycles. The average molecular weight is 146 g/mol. The molecule has 3 nitrogen and oxygen atoms in total. The lowest BCUT2D eigenvalue weighted by Gasteiger charge is -2.01.